The fraction of sp³-hybridized carbons (Fsp3) is 0.217. The van der Waals surface area contributed by atoms with E-state index < -0.39 is 0 Å². The number of benzene rings is 1. The zero-order chi connectivity index (χ0) is 21.9. The summed E-state index contributed by atoms with van der Waals surface area (Å²) < 4.78 is 1.44. The van der Waals surface area contributed by atoms with Crippen molar-refractivity contribution in [2.75, 3.05) is 23.7 Å². The molecule has 3 aromatic heterocycles. The number of piperidine rings is 1. The molecule has 1 saturated heterocycles. The smallest absolute Gasteiger partial charge is 0.274 e. The number of nitrogens with zero attached hydrogens (tertiary/aromatic N) is 4. The van der Waals surface area contributed by atoms with E-state index in [1.165, 1.54) is 15.9 Å². The van der Waals surface area contributed by atoms with Crippen molar-refractivity contribution in [3.05, 3.63) is 64.0 Å². The third-order valence-electron chi connectivity index (χ3n) is 5.36. The molecule has 0 unspecified atom stereocenters. The van der Waals surface area contributed by atoms with Crippen LogP contribution in [-0.4, -0.2) is 38.7 Å². The summed E-state index contributed by atoms with van der Waals surface area (Å²) >= 11 is 1.34. The predicted molar refractivity (Wildman–Crippen MR) is 128 cm³/mol. The van der Waals surface area contributed by atoms with Crippen molar-refractivity contribution < 1.29 is 0 Å². The molecule has 1 aromatic carbocycles. The van der Waals surface area contributed by atoms with E-state index in [2.05, 4.69) is 36.8 Å². The van der Waals surface area contributed by atoms with Crippen LogP contribution in [0.3, 0.4) is 0 Å². The van der Waals surface area contributed by atoms with Crippen LogP contribution in [0, 0.1) is 12.3 Å². The maximum Gasteiger partial charge on any atom is 0.274 e. The molecule has 4 aromatic rings. The lowest BCUT2D eigenvalue weighted by Crippen LogP contribution is -2.35. The molecule has 1 aliphatic heterocycles. The first kappa shape index (κ1) is 20.2. The van der Waals surface area contributed by atoms with E-state index in [-0.39, 0.29) is 11.1 Å². The molecule has 160 valence electrons. The quantitative estimate of drug-likeness (QED) is 0.408. The average molecular weight is 444 g/mol. The molecular weight excluding hydrogens is 422 g/mol. The van der Waals surface area contributed by atoms with Gasteiger partial charge in [0.25, 0.3) is 5.56 Å². The van der Waals surface area contributed by atoms with Crippen molar-refractivity contribution in [2.24, 2.45) is 0 Å². The van der Waals surface area contributed by atoms with E-state index in [1.807, 2.05) is 24.3 Å². The minimum Gasteiger partial charge on any atom is -0.382 e. The molecule has 0 spiro atoms. The Morgan fingerprint density at radius 1 is 1.16 bits per heavy atom. The predicted octanol–water partition coefficient (Wildman–Crippen LogP) is 3.13. The van der Waals surface area contributed by atoms with Crippen molar-refractivity contribution >= 4 is 39.7 Å². The van der Waals surface area contributed by atoms with Gasteiger partial charge in [-0.25, -0.2) is 14.5 Å². The first-order valence-electron chi connectivity index (χ1n) is 10.3. The van der Waals surface area contributed by atoms with Gasteiger partial charge in [-0.15, -0.1) is 17.8 Å². The maximum absolute atomic E-state index is 12.9. The highest BCUT2D eigenvalue weighted by atomic mass is 32.1. The number of fused-ring (bicyclic) bond motifs is 1. The summed E-state index contributed by atoms with van der Waals surface area (Å²) in [6, 6.07) is 10.2. The molecule has 1 fully saturated rings. The van der Waals surface area contributed by atoms with Gasteiger partial charge in [-0.2, -0.15) is 4.98 Å². The molecular formula is C23H21N7OS. The molecule has 3 N–H and O–H groups in total. The maximum atomic E-state index is 12.9. The lowest BCUT2D eigenvalue weighted by Gasteiger charge is -2.24. The van der Waals surface area contributed by atoms with Gasteiger partial charge >= 0.3 is 0 Å². The van der Waals surface area contributed by atoms with Gasteiger partial charge in [-0.1, -0.05) is 5.92 Å². The van der Waals surface area contributed by atoms with Crippen molar-refractivity contribution in [3.8, 4) is 17.5 Å². The Labute approximate surface area is 188 Å². The van der Waals surface area contributed by atoms with Crippen LogP contribution in [0.25, 0.3) is 16.2 Å². The number of pyridine rings is 1. The van der Waals surface area contributed by atoms with Gasteiger partial charge in [-0.05, 0) is 56.3 Å². The van der Waals surface area contributed by atoms with Gasteiger partial charge in [0, 0.05) is 40.6 Å². The van der Waals surface area contributed by atoms with Crippen LogP contribution in [0.5, 0.6) is 0 Å². The lowest BCUT2D eigenvalue weighted by molar-refractivity contribution is 0.479. The number of hydrogen-bond donors (Lipinski definition) is 3. The van der Waals surface area contributed by atoms with Crippen LogP contribution in [0.1, 0.15) is 18.4 Å². The van der Waals surface area contributed by atoms with E-state index in [9.17, 15) is 4.79 Å². The molecule has 0 atom stereocenters. The van der Waals surface area contributed by atoms with Gasteiger partial charge in [-0.3, -0.25) is 4.79 Å². The minimum absolute atomic E-state index is 0.244. The zero-order valence-electron chi connectivity index (χ0n) is 17.2. The molecule has 9 heteroatoms. The van der Waals surface area contributed by atoms with Gasteiger partial charge in [0.05, 0.1) is 5.56 Å². The normalized spacial score (nSPS) is 14.2. The fourth-order valence-electron chi connectivity index (χ4n) is 3.75. The molecule has 0 radical (unpaired) electrons. The molecule has 0 bridgehead atoms. The van der Waals surface area contributed by atoms with Gasteiger partial charge in [0.2, 0.25) is 5.95 Å². The number of hydrogen-bond acceptors (Lipinski definition) is 8. The van der Waals surface area contributed by atoms with E-state index in [0.717, 1.165) is 37.3 Å². The van der Waals surface area contributed by atoms with Crippen LogP contribution in [0.4, 0.5) is 17.3 Å². The fourth-order valence-corrected chi connectivity index (χ4v) is 4.39. The van der Waals surface area contributed by atoms with Crippen LogP contribution in [-0.2, 0) is 0 Å². The Balaban J connectivity index is 1.43. The Hall–Kier alpha value is -3.74. The monoisotopic (exact) mass is 443 g/mol. The molecule has 1 aliphatic rings. The summed E-state index contributed by atoms with van der Waals surface area (Å²) in [5.41, 5.74) is 2.30. The number of nitrogens with one attached hydrogen (secondary N) is 3. The van der Waals surface area contributed by atoms with Gasteiger partial charge in [0.1, 0.15) is 0 Å². The molecule has 5 rings (SSSR count). The van der Waals surface area contributed by atoms with Crippen LogP contribution < -0.4 is 21.5 Å². The van der Waals surface area contributed by atoms with Crippen molar-refractivity contribution in [2.45, 2.75) is 18.9 Å². The van der Waals surface area contributed by atoms with Gasteiger partial charge < -0.3 is 16.0 Å². The molecule has 4 heterocycles. The first-order chi connectivity index (χ1) is 15.7. The summed E-state index contributed by atoms with van der Waals surface area (Å²) in [7, 11) is 0. The first-order valence-corrected chi connectivity index (χ1v) is 11.2. The van der Waals surface area contributed by atoms with Crippen LogP contribution in [0.2, 0.25) is 0 Å². The van der Waals surface area contributed by atoms with E-state index in [4.69, 9.17) is 6.42 Å². The Morgan fingerprint density at radius 2 is 1.94 bits per heavy atom. The lowest BCUT2D eigenvalue weighted by atomic mass is 10.1. The number of rotatable bonds is 5. The number of aromatic nitrogens is 4. The molecule has 0 saturated carbocycles. The van der Waals surface area contributed by atoms with E-state index >= 15 is 0 Å². The summed E-state index contributed by atoms with van der Waals surface area (Å²) in [5.74, 6) is 2.83. The second-order valence-electron chi connectivity index (χ2n) is 7.50. The second kappa shape index (κ2) is 8.78. The Morgan fingerprint density at radius 3 is 2.66 bits per heavy atom. The number of thiazole rings is 1. The highest BCUT2D eigenvalue weighted by Gasteiger charge is 2.15. The van der Waals surface area contributed by atoms with E-state index in [0.29, 0.717) is 28.2 Å². The third-order valence-corrected chi connectivity index (χ3v) is 6.11. The average Bonchev–Trinajstić information content (AvgIpc) is 3.35. The third kappa shape index (κ3) is 4.06. The largest absolute Gasteiger partial charge is 0.382 e. The molecule has 0 aliphatic carbocycles. The Bertz CT molecular complexity index is 1330. The summed E-state index contributed by atoms with van der Waals surface area (Å²) in [6.07, 6.45) is 11.1. The molecule has 0 amide bonds. The van der Waals surface area contributed by atoms with Gasteiger partial charge in [0.15, 0.2) is 10.8 Å². The summed E-state index contributed by atoms with van der Waals surface area (Å²) in [5, 5.41) is 13.1. The highest BCUT2D eigenvalue weighted by Crippen LogP contribution is 2.22. The van der Waals surface area contributed by atoms with Crippen LogP contribution >= 0.6 is 11.3 Å². The SMILES string of the molecule is C#Cc1cc2cnc(Nc3ccc(NC4CCNCC4)cc3)nc2n(-c2nccs2)c1=O. The zero-order valence-corrected chi connectivity index (χ0v) is 18.0. The summed E-state index contributed by atoms with van der Waals surface area (Å²) in [6.45, 7) is 2.09. The topological polar surface area (TPSA) is 96.8 Å². The Kier molecular flexibility index (Phi) is 5.54. The number of anilines is 3. The van der Waals surface area contributed by atoms with Crippen molar-refractivity contribution in [3.63, 3.8) is 0 Å². The van der Waals surface area contributed by atoms with Crippen LogP contribution in [0.15, 0.2) is 52.9 Å². The number of terminal acetylenes is 1. The van der Waals surface area contributed by atoms with Crippen molar-refractivity contribution in [1.82, 2.24) is 24.8 Å². The molecule has 8 nitrogen and oxygen atoms in total. The van der Waals surface area contributed by atoms with E-state index in [1.54, 1.807) is 23.8 Å². The van der Waals surface area contributed by atoms with Crippen molar-refractivity contribution in [1.29, 1.82) is 0 Å². The highest BCUT2D eigenvalue weighted by molar-refractivity contribution is 7.12. The summed E-state index contributed by atoms with van der Waals surface area (Å²) in [4.78, 5) is 26.1. The standard InChI is InChI=1S/C23H21N7OS/c1-2-15-13-16-14-26-22(29-20(16)30(21(15)31)23-25-11-12-32-23)28-18-5-3-17(4-6-18)27-19-7-9-24-10-8-19/h1,3-6,11-14,19,24,27H,7-10H2,(H,26,28,29). The second-order valence-corrected chi connectivity index (χ2v) is 8.37. The minimum atomic E-state index is -0.326. The molecule has 32 heavy (non-hydrogen) atoms.